The van der Waals surface area contributed by atoms with Crippen LogP contribution >= 0.6 is 0 Å². The molecular formula is C22H33N7O4Si. The molecule has 34 heavy (non-hydrogen) atoms. The van der Waals surface area contributed by atoms with Gasteiger partial charge in [-0.2, -0.15) is 0 Å². The summed E-state index contributed by atoms with van der Waals surface area (Å²) >= 11 is 0. The van der Waals surface area contributed by atoms with Crippen molar-refractivity contribution >= 4 is 36.9 Å². The molecule has 0 unspecified atom stereocenters. The first kappa shape index (κ1) is 24.1. The maximum atomic E-state index is 13.3. The molecular weight excluding hydrogens is 454 g/mol. The topological polar surface area (TPSA) is 127 Å². The van der Waals surface area contributed by atoms with Crippen LogP contribution in [0.2, 0.25) is 25.7 Å². The Kier molecular flexibility index (Phi) is 6.89. The van der Waals surface area contributed by atoms with Gasteiger partial charge in [0.15, 0.2) is 11.3 Å². The van der Waals surface area contributed by atoms with Gasteiger partial charge in [0, 0.05) is 40.0 Å². The Balaban J connectivity index is 1.51. The molecule has 1 aliphatic rings. The summed E-state index contributed by atoms with van der Waals surface area (Å²) in [5.74, 6) is -0.191. The number of carboxylic acid groups (broad SMARTS) is 1. The van der Waals surface area contributed by atoms with E-state index >= 15 is 0 Å². The van der Waals surface area contributed by atoms with Crippen molar-refractivity contribution in [3.8, 4) is 0 Å². The van der Waals surface area contributed by atoms with Crippen LogP contribution in [0.5, 0.6) is 0 Å². The molecule has 1 aliphatic carbocycles. The molecule has 12 heteroatoms. The first-order valence-corrected chi connectivity index (χ1v) is 15.4. The molecule has 0 bridgehead atoms. The fraction of sp³-hybridized carbons (Fsp3) is 0.591. The van der Waals surface area contributed by atoms with Gasteiger partial charge in [-0.15, -0.1) is 10.2 Å². The Morgan fingerprint density at radius 1 is 1.26 bits per heavy atom. The van der Waals surface area contributed by atoms with Crippen molar-refractivity contribution < 1.29 is 19.4 Å². The van der Waals surface area contributed by atoms with Crippen LogP contribution in [0.4, 0.5) is 4.79 Å². The number of amides is 2. The largest absolute Gasteiger partial charge is 0.465 e. The highest BCUT2D eigenvalue weighted by Crippen LogP contribution is 2.25. The SMILES string of the molecule is CN(C(=O)O)C1CCC(NC(=O)c2cn(COCC[Si](C)(C)C)c3ncc4nncn4c23)CC1. The number of carbonyl (C=O) groups is 2. The zero-order valence-electron chi connectivity index (χ0n) is 20.2. The number of ether oxygens (including phenoxy) is 1. The number of hydrogen-bond acceptors (Lipinski definition) is 6. The zero-order valence-corrected chi connectivity index (χ0v) is 21.2. The summed E-state index contributed by atoms with van der Waals surface area (Å²) in [5.41, 5.74) is 2.34. The van der Waals surface area contributed by atoms with E-state index in [-0.39, 0.29) is 18.0 Å². The van der Waals surface area contributed by atoms with E-state index in [1.54, 1.807) is 30.2 Å². The Labute approximate surface area is 199 Å². The van der Waals surface area contributed by atoms with Crippen molar-refractivity contribution in [2.75, 3.05) is 13.7 Å². The van der Waals surface area contributed by atoms with Crippen LogP contribution in [-0.4, -0.2) is 80.0 Å². The molecule has 2 amide bonds. The Morgan fingerprint density at radius 2 is 2.00 bits per heavy atom. The predicted octanol–water partition coefficient (Wildman–Crippen LogP) is 3.04. The van der Waals surface area contributed by atoms with E-state index in [4.69, 9.17) is 4.74 Å². The summed E-state index contributed by atoms with van der Waals surface area (Å²) in [6, 6.07) is 1.04. The quantitative estimate of drug-likeness (QED) is 0.369. The molecule has 0 radical (unpaired) electrons. The van der Waals surface area contributed by atoms with E-state index in [1.165, 1.54) is 4.90 Å². The third-order valence-electron chi connectivity index (χ3n) is 6.49. The van der Waals surface area contributed by atoms with Crippen molar-refractivity contribution in [2.24, 2.45) is 0 Å². The average Bonchev–Trinajstić information content (AvgIpc) is 3.40. The summed E-state index contributed by atoms with van der Waals surface area (Å²) in [6.07, 6.45) is 6.98. The van der Waals surface area contributed by atoms with Crippen molar-refractivity contribution in [2.45, 2.75) is 70.2 Å². The summed E-state index contributed by atoms with van der Waals surface area (Å²) < 4.78 is 9.55. The molecule has 0 aliphatic heterocycles. The number of hydrogen-bond donors (Lipinski definition) is 2. The molecule has 3 aromatic heterocycles. The minimum atomic E-state index is -1.20. The number of rotatable bonds is 8. The van der Waals surface area contributed by atoms with E-state index in [1.807, 2.05) is 4.57 Å². The first-order valence-electron chi connectivity index (χ1n) is 11.7. The lowest BCUT2D eigenvalue weighted by atomic mass is 9.90. The third-order valence-corrected chi connectivity index (χ3v) is 8.20. The summed E-state index contributed by atoms with van der Waals surface area (Å²) in [7, 11) is 0.398. The smallest absolute Gasteiger partial charge is 0.407 e. The molecule has 0 aromatic carbocycles. The average molecular weight is 488 g/mol. The lowest BCUT2D eigenvalue weighted by molar-refractivity contribution is 0.0879. The van der Waals surface area contributed by atoms with E-state index in [0.717, 1.165) is 31.7 Å². The van der Waals surface area contributed by atoms with Crippen LogP contribution in [0.15, 0.2) is 18.7 Å². The Morgan fingerprint density at radius 3 is 2.68 bits per heavy atom. The fourth-order valence-corrected chi connectivity index (χ4v) is 5.12. The van der Waals surface area contributed by atoms with Gasteiger partial charge in [-0.3, -0.25) is 9.20 Å². The minimum absolute atomic E-state index is 0.00888. The number of nitrogens with one attached hydrogen (secondary N) is 1. The minimum Gasteiger partial charge on any atom is -0.465 e. The van der Waals surface area contributed by atoms with Gasteiger partial charge >= 0.3 is 6.09 Å². The third kappa shape index (κ3) is 5.22. The maximum absolute atomic E-state index is 13.3. The van der Waals surface area contributed by atoms with Crippen LogP contribution in [0.1, 0.15) is 36.0 Å². The van der Waals surface area contributed by atoms with Crippen molar-refractivity contribution in [1.29, 1.82) is 0 Å². The van der Waals surface area contributed by atoms with Gasteiger partial charge in [-0.05, 0) is 31.7 Å². The molecule has 3 heterocycles. The van der Waals surface area contributed by atoms with Gasteiger partial charge < -0.3 is 24.6 Å². The molecule has 1 fully saturated rings. The van der Waals surface area contributed by atoms with Crippen LogP contribution in [0, 0.1) is 0 Å². The zero-order chi connectivity index (χ0) is 24.5. The van der Waals surface area contributed by atoms with Gasteiger partial charge in [0.05, 0.1) is 11.8 Å². The Bertz CT molecular complexity index is 1180. The highest BCUT2D eigenvalue weighted by molar-refractivity contribution is 6.76. The van der Waals surface area contributed by atoms with E-state index in [2.05, 4.69) is 40.1 Å². The Hall–Kier alpha value is -2.99. The van der Waals surface area contributed by atoms with Gasteiger partial charge in [0.25, 0.3) is 5.91 Å². The van der Waals surface area contributed by atoms with Crippen LogP contribution < -0.4 is 5.32 Å². The predicted molar refractivity (Wildman–Crippen MR) is 130 cm³/mol. The van der Waals surface area contributed by atoms with E-state index < -0.39 is 14.2 Å². The van der Waals surface area contributed by atoms with E-state index in [9.17, 15) is 14.7 Å². The van der Waals surface area contributed by atoms with Crippen molar-refractivity contribution in [1.82, 2.24) is 34.4 Å². The number of carbonyl (C=O) groups excluding carboxylic acids is 1. The molecule has 1 saturated carbocycles. The molecule has 0 saturated heterocycles. The molecule has 11 nitrogen and oxygen atoms in total. The molecule has 0 atom stereocenters. The summed E-state index contributed by atoms with van der Waals surface area (Å²) in [5, 5.41) is 20.4. The molecule has 0 spiro atoms. The van der Waals surface area contributed by atoms with Crippen LogP contribution in [-0.2, 0) is 11.5 Å². The fourth-order valence-electron chi connectivity index (χ4n) is 4.36. The second kappa shape index (κ2) is 9.70. The van der Waals surface area contributed by atoms with Crippen LogP contribution in [0.3, 0.4) is 0 Å². The molecule has 3 aromatic rings. The van der Waals surface area contributed by atoms with Crippen molar-refractivity contribution in [3.05, 3.63) is 24.3 Å². The molecule has 2 N–H and O–H groups in total. The first-order chi connectivity index (χ1) is 16.1. The standard InChI is InChI=1S/C22H33N7O4Si/c1-27(22(31)32)16-7-5-15(6-8-16)25-21(30)17-12-28(14-33-9-10-34(2,3)4)20-19(17)29-13-24-26-18(29)11-23-20/h11-13,15-16H,5-10,14H2,1-4H3,(H,25,30)(H,31,32). The second-order valence-corrected chi connectivity index (χ2v) is 15.8. The highest BCUT2D eigenvalue weighted by Gasteiger charge is 2.28. The normalized spacial score (nSPS) is 18.9. The van der Waals surface area contributed by atoms with Crippen LogP contribution in [0.25, 0.3) is 16.8 Å². The lowest BCUT2D eigenvalue weighted by Crippen LogP contribution is -2.44. The summed E-state index contributed by atoms with van der Waals surface area (Å²) in [6.45, 7) is 7.89. The second-order valence-electron chi connectivity index (χ2n) is 10.2. The van der Waals surface area contributed by atoms with Crippen molar-refractivity contribution in [3.63, 3.8) is 0 Å². The lowest BCUT2D eigenvalue weighted by Gasteiger charge is -2.33. The monoisotopic (exact) mass is 487 g/mol. The number of aromatic nitrogens is 5. The summed E-state index contributed by atoms with van der Waals surface area (Å²) in [4.78, 5) is 30.5. The maximum Gasteiger partial charge on any atom is 0.407 e. The van der Waals surface area contributed by atoms with Gasteiger partial charge in [-0.1, -0.05) is 19.6 Å². The number of nitrogens with zero attached hydrogens (tertiary/aromatic N) is 6. The van der Waals surface area contributed by atoms with Gasteiger partial charge in [-0.25, -0.2) is 9.78 Å². The van der Waals surface area contributed by atoms with Gasteiger partial charge in [0.2, 0.25) is 0 Å². The van der Waals surface area contributed by atoms with E-state index in [0.29, 0.717) is 35.7 Å². The van der Waals surface area contributed by atoms with Gasteiger partial charge in [0.1, 0.15) is 18.6 Å². The highest BCUT2D eigenvalue weighted by atomic mass is 28.3. The molecule has 4 rings (SSSR count). The molecule has 184 valence electrons. The number of fused-ring (bicyclic) bond motifs is 3.